The lowest BCUT2D eigenvalue weighted by molar-refractivity contribution is -0.122. The van der Waals surface area contributed by atoms with Crippen LogP contribution in [0.1, 0.15) is 23.7 Å². The Bertz CT molecular complexity index is 880. The van der Waals surface area contributed by atoms with Crippen molar-refractivity contribution in [3.63, 3.8) is 0 Å². The van der Waals surface area contributed by atoms with E-state index in [0.29, 0.717) is 22.7 Å². The summed E-state index contributed by atoms with van der Waals surface area (Å²) in [7, 11) is 1.50. The van der Waals surface area contributed by atoms with E-state index in [1.54, 1.807) is 55.5 Å². The molecule has 1 heterocycles. The molecular weight excluding hydrogens is 348 g/mol. The molecule has 0 unspecified atom stereocenters. The summed E-state index contributed by atoms with van der Waals surface area (Å²) in [6.45, 7) is 1.35. The molecule has 0 saturated heterocycles. The zero-order valence-corrected chi connectivity index (χ0v) is 15.1. The standard InChI is InChI=1S/C20H20N2O5/c1-13-10-18(23)21-16-8-3-4-9-17(16)22(13)19(24)12-27-20(25)14-6-5-7-15(11-14)26-2/h3-9,11,13H,10,12H2,1-2H3,(H,21,23)/t13-/m0/s1. The molecule has 0 radical (unpaired) electrons. The molecule has 1 N–H and O–H groups in total. The molecule has 27 heavy (non-hydrogen) atoms. The molecule has 2 amide bonds. The van der Waals surface area contributed by atoms with Crippen LogP contribution in [0.25, 0.3) is 0 Å². The van der Waals surface area contributed by atoms with E-state index >= 15 is 0 Å². The predicted octanol–water partition coefficient (Wildman–Crippen LogP) is 2.62. The van der Waals surface area contributed by atoms with Crippen LogP contribution < -0.4 is 15.0 Å². The maximum Gasteiger partial charge on any atom is 0.338 e. The molecule has 7 heteroatoms. The molecule has 0 fully saturated rings. The molecule has 140 valence electrons. The van der Waals surface area contributed by atoms with Gasteiger partial charge in [0.05, 0.1) is 24.0 Å². The molecule has 3 rings (SSSR count). The fourth-order valence-corrected chi connectivity index (χ4v) is 3.00. The van der Waals surface area contributed by atoms with Gasteiger partial charge >= 0.3 is 5.97 Å². The van der Waals surface area contributed by atoms with Gasteiger partial charge in [-0.25, -0.2) is 4.79 Å². The molecule has 0 bridgehead atoms. The summed E-state index contributed by atoms with van der Waals surface area (Å²) in [5.41, 5.74) is 1.43. The van der Waals surface area contributed by atoms with Crippen molar-refractivity contribution in [2.24, 2.45) is 0 Å². The minimum absolute atomic E-state index is 0.157. The minimum Gasteiger partial charge on any atom is -0.497 e. The normalized spacial score (nSPS) is 16.0. The van der Waals surface area contributed by atoms with Crippen LogP contribution in [0, 0.1) is 0 Å². The number of hydrogen-bond acceptors (Lipinski definition) is 5. The summed E-state index contributed by atoms with van der Waals surface area (Å²) in [4.78, 5) is 38.5. The Morgan fingerprint density at radius 3 is 2.74 bits per heavy atom. The number of carbonyl (C=O) groups excluding carboxylic acids is 3. The number of benzene rings is 2. The molecule has 1 aliphatic heterocycles. The van der Waals surface area contributed by atoms with Crippen LogP contribution >= 0.6 is 0 Å². The first-order valence-electron chi connectivity index (χ1n) is 8.51. The van der Waals surface area contributed by atoms with Crippen LogP contribution in [-0.2, 0) is 14.3 Å². The van der Waals surface area contributed by atoms with Crippen LogP contribution in [0.4, 0.5) is 11.4 Å². The first kappa shape index (κ1) is 18.4. The van der Waals surface area contributed by atoms with Gasteiger partial charge in [-0.2, -0.15) is 0 Å². The zero-order valence-electron chi connectivity index (χ0n) is 15.1. The van der Waals surface area contributed by atoms with Gasteiger partial charge in [-0.3, -0.25) is 9.59 Å². The maximum absolute atomic E-state index is 12.8. The monoisotopic (exact) mass is 368 g/mol. The van der Waals surface area contributed by atoms with E-state index in [-0.39, 0.29) is 18.4 Å². The van der Waals surface area contributed by atoms with Crippen molar-refractivity contribution in [3.8, 4) is 5.75 Å². The number of nitrogens with zero attached hydrogens (tertiary/aromatic N) is 1. The molecule has 0 saturated carbocycles. The Kier molecular flexibility index (Phi) is 5.40. The summed E-state index contributed by atoms with van der Waals surface area (Å²) < 4.78 is 10.3. The summed E-state index contributed by atoms with van der Waals surface area (Å²) in [5.74, 6) is -0.663. The highest BCUT2D eigenvalue weighted by Gasteiger charge is 2.30. The van der Waals surface area contributed by atoms with E-state index in [9.17, 15) is 14.4 Å². The fraction of sp³-hybridized carbons (Fsp3) is 0.250. The second-order valence-electron chi connectivity index (χ2n) is 6.19. The lowest BCUT2D eigenvalue weighted by Gasteiger charge is -2.27. The van der Waals surface area contributed by atoms with Gasteiger partial charge in [0.25, 0.3) is 5.91 Å². The van der Waals surface area contributed by atoms with E-state index in [0.717, 1.165) is 0 Å². The van der Waals surface area contributed by atoms with E-state index in [1.165, 1.54) is 12.0 Å². The Morgan fingerprint density at radius 2 is 1.96 bits per heavy atom. The average Bonchev–Trinajstić information content (AvgIpc) is 2.80. The van der Waals surface area contributed by atoms with Crippen molar-refractivity contribution in [1.82, 2.24) is 0 Å². The number of ether oxygens (including phenoxy) is 2. The highest BCUT2D eigenvalue weighted by Crippen LogP contribution is 2.31. The van der Waals surface area contributed by atoms with Gasteiger partial charge in [0, 0.05) is 12.5 Å². The van der Waals surface area contributed by atoms with Crippen molar-refractivity contribution in [2.75, 3.05) is 23.9 Å². The second kappa shape index (κ2) is 7.90. The van der Waals surface area contributed by atoms with Crippen LogP contribution in [0.3, 0.4) is 0 Å². The lowest BCUT2D eigenvalue weighted by atomic mass is 10.1. The molecule has 0 spiro atoms. The maximum atomic E-state index is 12.8. The van der Waals surface area contributed by atoms with Crippen LogP contribution in [0.2, 0.25) is 0 Å². The lowest BCUT2D eigenvalue weighted by Crippen LogP contribution is -2.41. The number of para-hydroxylation sites is 2. The summed E-state index contributed by atoms with van der Waals surface area (Å²) in [6.07, 6.45) is 0.157. The van der Waals surface area contributed by atoms with Gasteiger partial charge in [0.15, 0.2) is 6.61 Å². The third-order valence-corrected chi connectivity index (χ3v) is 4.26. The third kappa shape index (κ3) is 4.08. The molecule has 1 aliphatic rings. The Labute approximate surface area is 156 Å². The summed E-state index contributed by atoms with van der Waals surface area (Å²) in [5, 5.41) is 2.79. The number of carbonyl (C=O) groups is 3. The van der Waals surface area contributed by atoms with Crippen LogP contribution in [-0.4, -0.2) is 37.5 Å². The molecular formula is C20H20N2O5. The van der Waals surface area contributed by atoms with Gasteiger partial charge in [-0.05, 0) is 37.3 Å². The smallest absolute Gasteiger partial charge is 0.338 e. The molecule has 0 aliphatic carbocycles. The number of methoxy groups -OCH3 is 1. The highest BCUT2D eigenvalue weighted by molar-refractivity contribution is 6.05. The van der Waals surface area contributed by atoms with Gasteiger partial charge in [-0.15, -0.1) is 0 Å². The van der Waals surface area contributed by atoms with Crippen molar-refractivity contribution in [3.05, 3.63) is 54.1 Å². The van der Waals surface area contributed by atoms with Crippen molar-refractivity contribution < 1.29 is 23.9 Å². The fourth-order valence-electron chi connectivity index (χ4n) is 3.00. The Balaban J connectivity index is 1.75. The SMILES string of the molecule is COc1cccc(C(=O)OCC(=O)N2c3ccccc3NC(=O)C[C@@H]2C)c1. The first-order valence-corrected chi connectivity index (χ1v) is 8.51. The van der Waals surface area contributed by atoms with Crippen molar-refractivity contribution >= 4 is 29.2 Å². The number of fused-ring (bicyclic) bond motifs is 1. The van der Waals surface area contributed by atoms with Crippen LogP contribution in [0.15, 0.2) is 48.5 Å². The number of amides is 2. The predicted molar refractivity (Wildman–Crippen MR) is 99.9 cm³/mol. The Hall–Kier alpha value is -3.35. The average molecular weight is 368 g/mol. The van der Waals surface area contributed by atoms with Gasteiger partial charge in [0.1, 0.15) is 5.75 Å². The number of nitrogens with one attached hydrogen (secondary N) is 1. The topological polar surface area (TPSA) is 84.9 Å². The van der Waals surface area contributed by atoms with Gasteiger partial charge < -0.3 is 19.7 Å². The zero-order chi connectivity index (χ0) is 19.4. The minimum atomic E-state index is -0.618. The number of rotatable bonds is 4. The largest absolute Gasteiger partial charge is 0.497 e. The van der Waals surface area contributed by atoms with E-state index in [2.05, 4.69) is 5.32 Å². The molecule has 0 aromatic heterocycles. The number of esters is 1. The van der Waals surface area contributed by atoms with Crippen LogP contribution in [0.5, 0.6) is 5.75 Å². The van der Waals surface area contributed by atoms with E-state index < -0.39 is 18.5 Å². The summed E-state index contributed by atoms with van der Waals surface area (Å²) >= 11 is 0. The number of hydrogen-bond donors (Lipinski definition) is 1. The van der Waals surface area contributed by atoms with Gasteiger partial charge in [0.2, 0.25) is 5.91 Å². The molecule has 2 aromatic rings. The van der Waals surface area contributed by atoms with E-state index in [4.69, 9.17) is 9.47 Å². The molecule has 2 aromatic carbocycles. The quantitative estimate of drug-likeness (QED) is 0.839. The molecule has 1 atom stereocenters. The van der Waals surface area contributed by atoms with Gasteiger partial charge in [-0.1, -0.05) is 18.2 Å². The number of anilines is 2. The van der Waals surface area contributed by atoms with Crippen molar-refractivity contribution in [2.45, 2.75) is 19.4 Å². The van der Waals surface area contributed by atoms with Crippen molar-refractivity contribution in [1.29, 1.82) is 0 Å². The molecule has 7 nitrogen and oxygen atoms in total. The Morgan fingerprint density at radius 1 is 1.19 bits per heavy atom. The highest BCUT2D eigenvalue weighted by atomic mass is 16.5. The third-order valence-electron chi connectivity index (χ3n) is 4.26. The van der Waals surface area contributed by atoms with E-state index in [1.807, 2.05) is 0 Å². The second-order valence-corrected chi connectivity index (χ2v) is 6.19. The summed E-state index contributed by atoms with van der Waals surface area (Å²) in [6, 6.07) is 13.2. The first-order chi connectivity index (χ1) is 13.0.